The second kappa shape index (κ2) is 5.26. The van der Waals surface area contributed by atoms with Crippen molar-refractivity contribution in [2.75, 3.05) is 7.11 Å². The highest BCUT2D eigenvalue weighted by Gasteiger charge is 2.14. The molecule has 1 unspecified atom stereocenters. The van der Waals surface area contributed by atoms with Crippen molar-refractivity contribution in [3.05, 3.63) is 29.8 Å². The Hall–Kier alpha value is -2.26. The molecule has 0 N–H and O–H groups in total. The first-order valence-corrected chi connectivity index (χ1v) is 7.40. The second-order valence-electron chi connectivity index (χ2n) is 4.78. The molecule has 0 spiro atoms. The summed E-state index contributed by atoms with van der Waals surface area (Å²) >= 11 is 1.40. The van der Waals surface area contributed by atoms with E-state index in [2.05, 4.69) is 16.3 Å². The van der Waals surface area contributed by atoms with Crippen molar-refractivity contribution in [1.29, 1.82) is 5.26 Å². The zero-order chi connectivity index (χ0) is 15.0. The van der Waals surface area contributed by atoms with Crippen molar-refractivity contribution in [3.63, 3.8) is 0 Å². The molecule has 0 amide bonds. The summed E-state index contributed by atoms with van der Waals surface area (Å²) in [6, 6.07) is 10.2. The van der Waals surface area contributed by atoms with Crippen molar-refractivity contribution in [1.82, 2.24) is 14.6 Å². The molecule has 6 heteroatoms. The summed E-state index contributed by atoms with van der Waals surface area (Å²) in [5, 5.41) is 19.1. The topological polar surface area (TPSA) is 63.2 Å². The third-order valence-electron chi connectivity index (χ3n) is 3.34. The maximum absolute atomic E-state index is 9.00. The highest BCUT2D eigenvalue weighted by molar-refractivity contribution is 8.00. The molecule has 0 saturated carbocycles. The van der Waals surface area contributed by atoms with Crippen LogP contribution in [0, 0.1) is 18.3 Å². The van der Waals surface area contributed by atoms with Gasteiger partial charge in [0.2, 0.25) is 0 Å². The lowest BCUT2D eigenvalue weighted by Crippen LogP contribution is -1.97. The Bertz CT molecular complexity index is 865. The number of hydrogen-bond acceptors (Lipinski definition) is 5. The van der Waals surface area contributed by atoms with E-state index in [-0.39, 0.29) is 5.25 Å². The predicted octanol–water partition coefficient (Wildman–Crippen LogP) is 3.20. The zero-order valence-electron chi connectivity index (χ0n) is 12.0. The van der Waals surface area contributed by atoms with E-state index in [1.807, 2.05) is 42.5 Å². The Morgan fingerprint density at radius 2 is 2.14 bits per heavy atom. The largest absolute Gasteiger partial charge is 0.497 e. The third kappa shape index (κ3) is 2.30. The zero-order valence-corrected chi connectivity index (χ0v) is 12.8. The van der Waals surface area contributed by atoms with Gasteiger partial charge in [-0.25, -0.2) is 0 Å². The van der Waals surface area contributed by atoms with Crippen LogP contribution in [0.2, 0.25) is 0 Å². The smallest absolute Gasteiger partial charge is 0.197 e. The lowest BCUT2D eigenvalue weighted by Gasteiger charge is -2.09. The molecule has 0 aliphatic rings. The Morgan fingerprint density at radius 3 is 2.86 bits per heavy atom. The number of methoxy groups -OCH3 is 1. The van der Waals surface area contributed by atoms with Crippen LogP contribution in [-0.4, -0.2) is 27.0 Å². The second-order valence-corrected chi connectivity index (χ2v) is 6.08. The first kappa shape index (κ1) is 13.7. The standard InChI is InChI=1S/C15H14N4OS/c1-9-6-14-17-18-15(21-10(2)8-16)19(14)13-7-11(20-3)4-5-12(9)13/h4-7,10H,1-3H3. The van der Waals surface area contributed by atoms with Gasteiger partial charge in [-0.1, -0.05) is 11.8 Å². The molecule has 21 heavy (non-hydrogen) atoms. The molecule has 0 radical (unpaired) electrons. The van der Waals surface area contributed by atoms with Gasteiger partial charge in [0.25, 0.3) is 0 Å². The van der Waals surface area contributed by atoms with E-state index >= 15 is 0 Å². The van der Waals surface area contributed by atoms with Gasteiger partial charge in [0.1, 0.15) is 5.75 Å². The van der Waals surface area contributed by atoms with Gasteiger partial charge in [0.15, 0.2) is 10.8 Å². The minimum Gasteiger partial charge on any atom is -0.497 e. The molecule has 0 fully saturated rings. The average molecular weight is 298 g/mol. The minimum atomic E-state index is -0.181. The van der Waals surface area contributed by atoms with Crippen LogP contribution in [0.1, 0.15) is 12.5 Å². The highest BCUT2D eigenvalue weighted by atomic mass is 32.2. The van der Waals surface area contributed by atoms with Crippen LogP contribution in [-0.2, 0) is 0 Å². The molecule has 2 aromatic heterocycles. The maximum Gasteiger partial charge on any atom is 0.197 e. The number of nitriles is 1. The van der Waals surface area contributed by atoms with Gasteiger partial charge in [0.05, 0.1) is 23.9 Å². The summed E-state index contributed by atoms with van der Waals surface area (Å²) in [7, 11) is 1.65. The summed E-state index contributed by atoms with van der Waals surface area (Å²) < 4.78 is 7.29. The first-order valence-electron chi connectivity index (χ1n) is 6.53. The molecule has 3 aromatic rings. The van der Waals surface area contributed by atoms with Crippen LogP contribution in [0.15, 0.2) is 29.4 Å². The van der Waals surface area contributed by atoms with Gasteiger partial charge in [-0.05, 0) is 37.6 Å². The molecule has 0 bridgehead atoms. The number of pyridine rings is 1. The number of benzene rings is 1. The van der Waals surface area contributed by atoms with Gasteiger partial charge >= 0.3 is 0 Å². The summed E-state index contributed by atoms with van der Waals surface area (Å²) in [6.07, 6.45) is 0. The third-order valence-corrected chi connectivity index (χ3v) is 4.27. The normalized spacial score (nSPS) is 12.5. The SMILES string of the molecule is COc1ccc2c(C)cc3nnc(SC(C)C#N)n3c2c1. The first-order chi connectivity index (χ1) is 10.1. The van der Waals surface area contributed by atoms with Crippen LogP contribution >= 0.6 is 11.8 Å². The maximum atomic E-state index is 9.00. The van der Waals surface area contributed by atoms with Crippen LogP contribution in [0.4, 0.5) is 0 Å². The molecule has 5 nitrogen and oxygen atoms in total. The number of nitrogens with zero attached hydrogens (tertiary/aromatic N) is 4. The minimum absolute atomic E-state index is 0.181. The van der Waals surface area contributed by atoms with Crippen LogP contribution < -0.4 is 4.74 Å². The van der Waals surface area contributed by atoms with E-state index in [0.29, 0.717) is 0 Å². The van der Waals surface area contributed by atoms with Crippen molar-refractivity contribution in [3.8, 4) is 11.8 Å². The van der Waals surface area contributed by atoms with E-state index in [1.165, 1.54) is 11.8 Å². The van der Waals surface area contributed by atoms with Crippen molar-refractivity contribution >= 4 is 28.3 Å². The number of rotatable bonds is 3. The van der Waals surface area contributed by atoms with Crippen molar-refractivity contribution < 1.29 is 4.74 Å². The Balaban J connectivity index is 2.33. The number of aryl methyl sites for hydroxylation is 1. The van der Waals surface area contributed by atoms with E-state index in [4.69, 9.17) is 10.00 Å². The Morgan fingerprint density at radius 1 is 1.33 bits per heavy atom. The van der Waals surface area contributed by atoms with Gasteiger partial charge in [-0.2, -0.15) is 5.26 Å². The van der Waals surface area contributed by atoms with Crippen LogP contribution in [0.25, 0.3) is 16.6 Å². The number of aromatic nitrogens is 3. The number of thioether (sulfide) groups is 1. The van der Waals surface area contributed by atoms with Crippen LogP contribution in [0.3, 0.4) is 0 Å². The van der Waals surface area contributed by atoms with Crippen LogP contribution in [0.5, 0.6) is 5.75 Å². The van der Waals surface area contributed by atoms with Gasteiger partial charge in [-0.3, -0.25) is 4.40 Å². The summed E-state index contributed by atoms with van der Waals surface area (Å²) in [5.41, 5.74) is 2.90. The fraction of sp³-hybridized carbons (Fsp3) is 0.267. The summed E-state index contributed by atoms with van der Waals surface area (Å²) in [6.45, 7) is 3.90. The van der Waals surface area contributed by atoms with Gasteiger partial charge in [0, 0.05) is 11.5 Å². The number of fused-ring (bicyclic) bond motifs is 3. The van der Waals surface area contributed by atoms with Gasteiger partial charge < -0.3 is 4.74 Å². The molecule has 1 atom stereocenters. The molecule has 3 rings (SSSR count). The quantitative estimate of drug-likeness (QED) is 0.695. The van der Waals surface area contributed by atoms with Gasteiger partial charge in [-0.15, -0.1) is 10.2 Å². The highest BCUT2D eigenvalue weighted by Crippen LogP contribution is 2.29. The fourth-order valence-corrected chi connectivity index (χ4v) is 3.04. The lowest BCUT2D eigenvalue weighted by molar-refractivity contribution is 0.415. The van der Waals surface area contributed by atoms with E-state index in [1.54, 1.807) is 7.11 Å². The number of ether oxygens (including phenoxy) is 1. The Labute approximate surface area is 126 Å². The molecular formula is C15H14N4OS. The molecule has 0 aliphatic heterocycles. The Kier molecular flexibility index (Phi) is 3.43. The lowest BCUT2D eigenvalue weighted by atomic mass is 10.1. The molecule has 2 heterocycles. The molecule has 106 valence electrons. The fourth-order valence-electron chi connectivity index (χ4n) is 2.29. The van der Waals surface area contributed by atoms with Crippen molar-refractivity contribution in [2.45, 2.75) is 24.3 Å². The van der Waals surface area contributed by atoms with E-state index in [0.717, 1.165) is 33.0 Å². The number of hydrogen-bond donors (Lipinski definition) is 0. The molecule has 0 saturated heterocycles. The summed E-state index contributed by atoms with van der Waals surface area (Å²) in [4.78, 5) is 0. The molecule has 0 aliphatic carbocycles. The average Bonchev–Trinajstić information content (AvgIpc) is 2.89. The van der Waals surface area contributed by atoms with E-state index in [9.17, 15) is 0 Å². The molecular weight excluding hydrogens is 284 g/mol. The predicted molar refractivity (Wildman–Crippen MR) is 82.7 cm³/mol. The monoisotopic (exact) mass is 298 g/mol. The summed E-state index contributed by atoms with van der Waals surface area (Å²) in [5.74, 6) is 0.785. The molecule has 1 aromatic carbocycles. The van der Waals surface area contributed by atoms with Crippen molar-refractivity contribution in [2.24, 2.45) is 0 Å². The van der Waals surface area contributed by atoms with E-state index < -0.39 is 0 Å².